The quantitative estimate of drug-likeness (QED) is 0.680. The minimum atomic E-state index is -0.0219. The van der Waals surface area contributed by atoms with Crippen molar-refractivity contribution in [2.45, 2.75) is 66.6 Å². The van der Waals surface area contributed by atoms with E-state index in [0.717, 1.165) is 19.6 Å². The smallest absolute Gasteiger partial charge is 0.0598 e. The van der Waals surface area contributed by atoms with Gasteiger partial charge in [-0.3, -0.25) is 0 Å². The van der Waals surface area contributed by atoms with Crippen LogP contribution >= 0.6 is 0 Å². The first-order valence-electron chi connectivity index (χ1n) is 5.71. The minimum absolute atomic E-state index is 0.0219. The van der Waals surface area contributed by atoms with Gasteiger partial charge in [-0.15, -0.1) is 0 Å². The van der Waals surface area contributed by atoms with Crippen molar-refractivity contribution in [1.82, 2.24) is 0 Å². The van der Waals surface area contributed by atoms with Gasteiger partial charge >= 0.3 is 0 Å². The van der Waals surface area contributed by atoms with E-state index < -0.39 is 0 Å². The van der Waals surface area contributed by atoms with Crippen LogP contribution in [0.3, 0.4) is 0 Å². The van der Waals surface area contributed by atoms with Gasteiger partial charge in [0, 0.05) is 13.2 Å². The predicted octanol–water partition coefficient (Wildman–Crippen LogP) is 3.64. The summed E-state index contributed by atoms with van der Waals surface area (Å²) in [5.41, 5.74) is -0.0219. The van der Waals surface area contributed by atoms with Crippen LogP contribution in [-0.4, -0.2) is 24.9 Å². The summed E-state index contributed by atoms with van der Waals surface area (Å²) >= 11 is 0. The first kappa shape index (κ1) is 16.4. The molecule has 0 radical (unpaired) electrons. The molecular formula is C12H28O2. The second-order valence-corrected chi connectivity index (χ2v) is 4.02. The highest BCUT2D eigenvalue weighted by Gasteiger charge is 2.10. The van der Waals surface area contributed by atoms with Crippen LogP contribution in [0.4, 0.5) is 0 Å². The third-order valence-corrected chi connectivity index (χ3v) is 1.51. The summed E-state index contributed by atoms with van der Waals surface area (Å²) in [6, 6.07) is 0. The highest BCUT2D eigenvalue weighted by Crippen LogP contribution is 2.08. The molecule has 2 nitrogen and oxygen atoms in total. The zero-order valence-electron chi connectivity index (χ0n) is 11.0. The highest BCUT2D eigenvalue weighted by atomic mass is 16.5. The molecule has 0 saturated carbocycles. The van der Waals surface area contributed by atoms with Gasteiger partial charge in [-0.2, -0.15) is 0 Å². The van der Waals surface area contributed by atoms with E-state index in [2.05, 4.69) is 27.7 Å². The first-order chi connectivity index (χ1) is 6.45. The minimum Gasteiger partial charge on any atom is -0.379 e. The van der Waals surface area contributed by atoms with Crippen LogP contribution in [0.25, 0.3) is 0 Å². The lowest BCUT2D eigenvalue weighted by atomic mass is 10.2. The van der Waals surface area contributed by atoms with Crippen molar-refractivity contribution in [2.24, 2.45) is 0 Å². The molecule has 88 valence electrons. The van der Waals surface area contributed by atoms with Crippen molar-refractivity contribution >= 4 is 0 Å². The molecule has 0 rings (SSSR count). The molecule has 0 N–H and O–H groups in total. The molecule has 0 aromatic carbocycles. The lowest BCUT2D eigenvalue weighted by Crippen LogP contribution is -2.22. The molecule has 14 heavy (non-hydrogen) atoms. The summed E-state index contributed by atoms with van der Waals surface area (Å²) in [7, 11) is 0. The molecule has 0 fully saturated rings. The van der Waals surface area contributed by atoms with Gasteiger partial charge in [0.15, 0.2) is 0 Å². The number of ether oxygens (including phenoxy) is 2. The standard InChI is InChI=1S/C10H22O2.C2H6/c1-6-11-9(2)7-8-12-10(3,4)5;1-2/h9H,6-8H2,1-5H3;1-2H3. The average Bonchev–Trinajstić information content (AvgIpc) is 2.06. The molecule has 2 heteroatoms. The molecule has 0 saturated heterocycles. The monoisotopic (exact) mass is 204 g/mol. The van der Waals surface area contributed by atoms with Gasteiger partial charge in [0.1, 0.15) is 0 Å². The Morgan fingerprint density at radius 2 is 1.64 bits per heavy atom. The summed E-state index contributed by atoms with van der Waals surface area (Å²) in [5, 5.41) is 0. The van der Waals surface area contributed by atoms with E-state index >= 15 is 0 Å². The van der Waals surface area contributed by atoms with Gasteiger partial charge in [0.05, 0.1) is 11.7 Å². The Labute approximate surface area is 90.0 Å². The predicted molar refractivity (Wildman–Crippen MR) is 62.8 cm³/mol. The van der Waals surface area contributed by atoms with Gasteiger partial charge < -0.3 is 9.47 Å². The second-order valence-electron chi connectivity index (χ2n) is 4.02. The Hall–Kier alpha value is -0.0800. The molecule has 0 aromatic rings. The third-order valence-electron chi connectivity index (χ3n) is 1.51. The molecule has 1 unspecified atom stereocenters. The van der Waals surface area contributed by atoms with Crippen LogP contribution in [0, 0.1) is 0 Å². The van der Waals surface area contributed by atoms with E-state index in [-0.39, 0.29) is 5.60 Å². The largest absolute Gasteiger partial charge is 0.379 e. The van der Waals surface area contributed by atoms with Crippen LogP contribution in [0.15, 0.2) is 0 Å². The summed E-state index contributed by atoms with van der Waals surface area (Å²) in [6.45, 7) is 15.9. The maximum absolute atomic E-state index is 5.57. The fourth-order valence-corrected chi connectivity index (χ4v) is 0.899. The van der Waals surface area contributed by atoms with E-state index in [1.807, 2.05) is 20.8 Å². The fourth-order valence-electron chi connectivity index (χ4n) is 0.899. The van der Waals surface area contributed by atoms with Crippen molar-refractivity contribution in [3.8, 4) is 0 Å². The number of rotatable bonds is 5. The van der Waals surface area contributed by atoms with Crippen molar-refractivity contribution in [1.29, 1.82) is 0 Å². The molecule has 0 heterocycles. The molecule has 0 aliphatic rings. The summed E-state index contributed by atoms with van der Waals surface area (Å²) in [4.78, 5) is 0. The lowest BCUT2D eigenvalue weighted by molar-refractivity contribution is -0.0270. The molecule has 0 spiro atoms. The van der Waals surface area contributed by atoms with Crippen molar-refractivity contribution < 1.29 is 9.47 Å². The van der Waals surface area contributed by atoms with Crippen molar-refractivity contribution in [3.05, 3.63) is 0 Å². The highest BCUT2D eigenvalue weighted by molar-refractivity contribution is 4.59. The molecule has 0 aliphatic carbocycles. The summed E-state index contributed by atoms with van der Waals surface area (Å²) in [6.07, 6.45) is 1.29. The molecule has 1 atom stereocenters. The van der Waals surface area contributed by atoms with Crippen LogP contribution < -0.4 is 0 Å². The van der Waals surface area contributed by atoms with Gasteiger partial charge in [0.2, 0.25) is 0 Å². The van der Waals surface area contributed by atoms with Crippen molar-refractivity contribution in [3.63, 3.8) is 0 Å². The molecule has 0 aliphatic heterocycles. The Bertz CT molecular complexity index is 105. The summed E-state index contributed by atoms with van der Waals surface area (Å²) < 4.78 is 10.9. The summed E-state index contributed by atoms with van der Waals surface area (Å²) in [5.74, 6) is 0. The van der Waals surface area contributed by atoms with Crippen LogP contribution in [0.1, 0.15) is 54.9 Å². The maximum Gasteiger partial charge on any atom is 0.0598 e. The maximum atomic E-state index is 5.57. The lowest BCUT2D eigenvalue weighted by Gasteiger charge is -2.20. The Morgan fingerprint density at radius 1 is 1.14 bits per heavy atom. The zero-order valence-corrected chi connectivity index (χ0v) is 11.0. The van der Waals surface area contributed by atoms with Crippen LogP contribution in [0.5, 0.6) is 0 Å². The molecule has 0 aromatic heterocycles. The average molecular weight is 204 g/mol. The SMILES string of the molecule is CC.CCOC(C)CCOC(C)(C)C. The van der Waals surface area contributed by atoms with Crippen LogP contribution in [-0.2, 0) is 9.47 Å². The Kier molecular flexibility index (Phi) is 11.1. The van der Waals surface area contributed by atoms with Gasteiger partial charge in [0.25, 0.3) is 0 Å². The van der Waals surface area contributed by atoms with Crippen LogP contribution in [0.2, 0.25) is 0 Å². The van der Waals surface area contributed by atoms with Gasteiger partial charge in [-0.05, 0) is 41.0 Å². The third kappa shape index (κ3) is 14.4. The second kappa shape index (κ2) is 9.47. The Morgan fingerprint density at radius 3 is 2.00 bits per heavy atom. The van der Waals surface area contributed by atoms with Gasteiger partial charge in [-0.25, -0.2) is 0 Å². The Balaban J connectivity index is 0. The zero-order chi connectivity index (χ0) is 11.6. The van der Waals surface area contributed by atoms with E-state index in [1.165, 1.54) is 0 Å². The molecule has 0 bridgehead atoms. The van der Waals surface area contributed by atoms with E-state index in [9.17, 15) is 0 Å². The molecule has 0 amide bonds. The fraction of sp³-hybridized carbons (Fsp3) is 1.00. The van der Waals surface area contributed by atoms with E-state index in [4.69, 9.17) is 9.47 Å². The van der Waals surface area contributed by atoms with Crippen molar-refractivity contribution in [2.75, 3.05) is 13.2 Å². The van der Waals surface area contributed by atoms with E-state index in [0.29, 0.717) is 6.10 Å². The normalized spacial score (nSPS) is 13.1. The first-order valence-corrected chi connectivity index (χ1v) is 5.71. The number of hydrogen-bond donors (Lipinski definition) is 0. The van der Waals surface area contributed by atoms with E-state index in [1.54, 1.807) is 0 Å². The van der Waals surface area contributed by atoms with Gasteiger partial charge in [-0.1, -0.05) is 13.8 Å². The number of hydrogen-bond acceptors (Lipinski definition) is 2. The topological polar surface area (TPSA) is 18.5 Å². The molecular weight excluding hydrogens is 176 g/mol.